The molecule has 1 fully saturated rings. The molecule has 0 saturated carbocycles. The predicted octanol–water partition coefficient (Wildman–Crippen LogP) is 4.42. The molecule has 7 nitrogen and oxygen atoms in total. The lowest BCUT2D eigenvalue weighted by atomic mass is 10.0. The molecule has 0 bridgehead atoms. The number of nitrogens with zero attached hydrogens (tertiary/aromatic N) is 3. The van der Waals surface area contributed by atoms with E-state index in [0.29, 0.717) is 35.1 Å². The third kappa shape index (κ3) is 4.97. The molecule has 2 heterocycles. The smallest absolute Gasteiger partial charge is 0.286 e. The SMILES string of the molecule is Cc1cc(C)c(S(=O)(=O)N2CCC[C@H](c3nnc(C(=O)Nc4ccc(F)cc4)s3)C2)cc1C. The van der Waals surface area contributed by atoms with Gasteiger partial charge < -0.3 is 5.32 Å². The van der Waals surface area contributed by atoms with Gasteiger partial charge in [-0.3, -0.25) is 4.79 Å². The number of sulfonamides is 1. The fourth-order valence-corrected chi connectivity index (χ4v) is 6.60. The second kappa shape index (κ2) is 9.28. The molecular formula is C23H25FN4O3S2. The molecule has 1 saturated heterocycles. The Hall–Kier alpha value is -2.69. The molecular weight excluding hydrogens is 463 g/mol. The highest BCUT2D eigenvalue weighted by Crippen LogP contribution is 2.33. The lowest BCUT2D eigenvalue weighted by Crippen LogP contribution is -2.39. The number of carbonyl (C=O) groups is 1. The van der Waals surface area contributed by atoms with Crippen LogP contribution in [0.3, 0.4) is 0 Å². The maximum Gasteiger partial charge on any atom is 0.286 e. The lowest BCUT2D eigenvalue weighted by molar-refractivity contribution is 0.102. The largest absolute Gasteiger partial charge is 0.320 e. The molecule has 1 aliphatic rings. The van der Waals surface area contributed by atoms with Crippen molar-refractivity contribution < 1.29 is 17.6 Å². The van der Waals surface area contributed by atoms with Crippen molar-refractivity contribution in [3.8, 4) is 0 Å². The molecule has 4 rings (SSSR count). The van der Waals surface area contributed by atoms with E-state index in [4.69, 9.17) is 0 Å². The van der Waals surface area contributed by atoms with Crippen LogP contribution in [-0.4, -0.2) is 41.9 Å². The Morgan fingerprint density at radius 2 is 1.79 bits per heavy atom. The minimum absolute atomic E-state index is 0.134. The number of aryl methyl sites for hydroxylation is 3. The summed E-state index contributed by atoms with van der Waals surface area (Å²) in [6.07, 6.45) is 1.47. The molecule has 1 aliphatic heterocycles. The fraction of sp³-hybridized carbons (Fsp3) is 0.348. The van der Waals surface area contributed by atoms with Crippen LogP contribution < -0.4 is 5.32 Å². The molecule has 10 heteroatoms. The highest BCUT2D eigenvalue weighted by molar-refractivity contribution is 7.89. The van der Waals surface area contributed by atoms with Gasteiger partial charge in [0, 0.05) is 24.7 Å². The van der Waals surface area contributed by atoms with Crippen molar-refractivity contribution in [1.82, 2.24) is 14.5 Å². The van der Waals surface area contributed by atoms with Gasteiger partial charge in [-0.05, 0) is 80.6 Å². The zero-order valence-corrected chi connectivity index (χ0v) is 20.3. The van der Waals surface area contributed by atoms with E-state index in [1.807, 2.05) is 26.8 Å². The van der Waals surface area contributed by atoms with Gasteiger partial charge in [-0.15, -0.1) is 10.2 Å². The minimum Gasteiger partial charge on any atom is -0.320 e. The zero-order chi connectivity index (χ0) is 23.8. The third-order valence-corrected chi connectivity index (χ3v) is 8.97. The molecule has 1 amide bonds. The molecule has 1 N–H and O–H groups in total. The molecule has 0 unspecified atom stereocenters. The topological polar surface area (TPSA) is 92.3 Å². The Morgan fingerprint density at radius 1 is 1.09 bits per heavy atom. The Morgan fingerprint density at radius 3 is 2.52 bits per heavy atom. The van der Waals surface area contributed by atoms with Crippen molar-refractivity contribution in [2.24, 2.45) is 0 Å². The first-order chi connectivity index (χ1) is 15.6. The Bertz CT molecular complexity index is 1290. The van der Waals surface area contributed by atoms with Gasteiger partial charge in [0.1, 0.15) is 10.8 Å². The summed E-state index contributed by atoms with van der Waals surface area (Å²) in [4.78, 5) is 12.8. The van der Waals surface area contributed by atoms with Gasteiger partial charge >= 0.3 is 0 Å². The van der Waals surface area contributed by atoms with Crippen LogP contribution in [0.2, 0.25) is 0 Å². The first-order valence-corrected chi connectivity index (χ1v) is 12.9. The number of rotatable bonds is 5. The summed E-state index contributed by atoms with van der Waals surface area (Å²) in [6, 6.07) is 9.10. The summed E-state index contributed by atoms with van der Waals surface area (Å²) in [5.41, 5.74) is 3.18. The van der Waals surface area contributed by atoms with Gasteiger partial charge in [-0.1, -0.05) is 17.4 Å². The Balaban J connectivity index is 1.50. The maximum absolute atomic E-state index is 13.4. The summed E-state index contributed by atoms with van der Waals surface area (Å²) in [5.74, 6) is -0.958. The van der Waals surface area contributed by atoms with Gasteiger partial charge in [0.15, 0.2) is 0 Å². The second-order valence-corrected chi connectivity index (χ2v) is 11.2. The van der Waals surface area contributed by atoms with Gasteiger partial charge in [0.05, 0.1) is 4.90 Å². The van der Waals surface area contributed by atoms with E-state index in [1.54, 1.807) is 6.07 Å². The van der Waals surface area contributed by atoms with Gasteiger partial charge in [-0.2, -0.15) is 4.31 Å². The fourth-order valence-electron chi connectivity index (χ4n) is 3.92. The van der Waals surface area contributed by atoms with Crippen molar-refractivity contribution >= 4 is 33.0 Å². The molecule has 1 atom stereocenters. The molecule has 3 aromatic rings. The normalized spacial score (nSPS) is 17.2. The van der Waals surface area contributed by atoms with Crippen LogP contribution in [0.25, 0.3) is 0 Å². The molecule has 0 spiro atoms. The number of carbonyl (C=O) groups excluding carboxylic acids is 1. The van der Waals surface area contributed by atoms with Gasteiger partial charge in [0.2, 0.25) is 15.0 Å². The van der Waals surface area contributed by atoms with Crippen LogP contribution in [0.4, 0.5) is 10.1 Å². The highest BCUT2D eigenvalue weighted by atomic mass is 32.2. The highest BCUT2D eigenvalue weighted by Gasteiger charge is 2.33. The summed E-state index contributed by atoms with van der Waals surface area (Å²) in [6.45, 7) is 6.43. The predicted molar refractivity (Wildman–Crippen MR) is 126 cm³/mol. The lowest BCUT2D eigenvalue weighted by Gasteiger charge is -2.31. The van der Waals surface area contributed by atoms with Crippen LogP contribution in [0.15, 0.2) is 41.3 Å². The van der Waals surface area contributed by atoms with Crippen LogP contribution in [0.5, 0.6) is 0 Å². The van der Waals surface area contributed by atoms with Gasteiger partial charge in [0.25, 0.3) is 5.91 Å². The summed E-state index contributed by atoms with van der Waals surface area (Å²) >= 11 is 1.16. The van der Waals surface area contributed by atoms with Crippen molar-refractivity contribution in [3.05, 3.63) is 68.9 Å². The summed E-state index contributed by atoms with van der Waals surface area (Å²) in [5, 5.41) is 11.7. The van der Waals surface area contributed by atoms with Crippen molar-refractivity contribution in [2.45, 2.75) is 44.4 Å². The standard InChI is InChI=1S/C23H25FN4O3S2/c1-14-11-16(3)20(12-15(14)2)33(30,31)28-10-4-5-17(13-28)22-26-27-23(32-22)21(29)25-19-8-6-18(24)7-9-19/h6-9,11-12,17H,4-5,10,13H2,1-3H3,(H,25,29)/t17-/m0/s1. The number of benzene rings is 2. The summed E-state index contributed by atoms with van der Waals surface area (Å²) < 4.78 is 41.4. The van der Waals surface area contributed by atoms with E-state index in [0.717, 1.165) is 34.4 Å². The van der Waals surface area contributed by atoms with E-state index >= 15 is 0 Å². The molecule has 1 aromatic heterocycles. The number of hydrogen-bond donors (Lipinski definition) is 1. The first-order valence-electron chi connectivity index (χ1n) is 10.6. The molecule has 33 heavy (non-hydrogen) atoms. The van der Waals surface area contributed by atoms with Crippen LogP contribution in [0.1, 0.15) is 50.3 Å². The molecule has 2 aromatic carbocycles. The van der Waals surface area contributed by atoms with Crippen molar-refractivity contribution in [2.75, 3.05) is 18.4 Å². The first kappa shape index (κ1) is 23.5. The number of piperidine rings is 1. The quantitative estimate of drug-likeness (QED) is 0.574. The summed E-state index contributed by atoms with van der Waals surface area (Å²) in [7, 11) is -3.65. The van der Waals surface area contributed by atoms with E-state index in [2.05, 4.69) is 15.5 Å². The molecule has 0 radical (unpaired) electrons. The molecule has 0 aliphatic carbocycles. The van der Waals surface area contributed by atoms with Crippen LogP contribution >= 0.6 is 11.3 Å². The van der Waals surface area contributed by atoms with Gasteiger partial charge in [-0.25, -0.2) is 12.8 Å². The average Bonchev–Trinajstić information content (AvgIpc) is 3.28. The third-order valence-electron chi connectivity index (χ3n) is 5.88. The number of halogens is 1. The number of aromatic nitrogens is 2. The van der Waals surface area contributed by atoms with Crippen LogP contribution in [-0.2, 0) is 10.0 Å². The number of nitrogens with one attached hydrogen (secondary N) is 1. The number of hydrogen-bond acceptors (Lipinski definition) is 6. The number of anilines is 1. The Kier molecular flexibility index (Phi) is 6.60. The number of amides is 1. The van der Waals surface area contributed by atoms with E-state index in [9.17, 15) is 17.6 Å². The average molecular weight is 489 g/mol. The van der Waals surface area contributed by atoms with E-state index in [-0.39, 0.29) is 16.7 Å². The monoisotopic (exact) mass is 488 g/mol. The second-order valence-electron chi connectivity index (χ2n) is 8.31. The van der Waals surface area contributed by atoms with Crippen molar-refractivity contribution in [1.29, 1.82) is 0 Å². The minimum atomic E-state index is -3.65. The van der Waals surface area contributed by atoms with E-state index < -0.39 is 15.9 Å². The van der Waals surface area contributed by atoms with Crippen LogP contribution in [0, 0.1) is 26.6 Å². The zero-order valence-electron chi connectivity index (χ0n) is 18.6. The Labute approximate surface area is 196 Å². The van der Waals surface area contributed by atoms with Crippen molar-refractivity contribution in [3.63, 3.8) is 0 Å². The molecule has 174 valence electrons. The maximum atomic E-state index is 13.4. The van der Waals surface area contributed by atoms with E-state index in [1.165, 1.54) is 28.6 Å².